The minimum atomic E-state index is -0.00327. The maximum atomic E-state index is 5.23. The molecule has 0 spiro atoms. The minimum Gasteiger partial charge on any atom is -0.245 e. The van der Waals surface area contributed by atoms with E-state index in [-0.39, 0.29) is 43.3 Å². The molecule has 146 heavy (non-hydrogen) atoms. The zero-order valence-electron chi connectivity index (χ0n) is 89.2. The molecule has 0 atom stereocenters. The van der Waals surface area contributed by atoms with E-state index >= 15 is 0 Å². The van der Waals surface area contributed by atoms with Gasteiger partial charge in [0.05, 0.1) is 39.9 Å². The zero-order chi connectivity index (χ0) is 103. The fourth-order valence-corrected chi connectivity index (χ4v) is 17.7. The third kappa shape index (κ3) is 24.7. The van der Waals surface area contributed by atoms with Crippen molar-refractivity contribution in [1.29, 1.82) is 0 Å². The fourth-order valence-electron chi connectivity index (χ4n) is 17.7. The van der Waals surface area contributed by atoms with Gasteiger partial charge in [-0.05, 0) is 205 Å². The average molecular weight is 1910 g/mol. The molecule has 730 valence electrons. The van der Waals surface area contributed by atoms with Crippen molar-refractivity contribution in [2.45, 2.75) is 209 Å². The van der Waals surface area contributed by atoms with E-state index in [0.29, 0.717) is 23.3 Å². The van der Waals surface area contributed by atoms with Gasteiger partial charge in [-0.15, -0.1) is 0 Å². The largest absolute Gasteiger partial charge is 0.245 e. The van der Waals surface area contributed by atoms with E-state index in [4.69, 9.17) is 29.9 Å². The summed E-state index contributed by atoms with van der Waals surface area (Å²) in [7, 11) is 0. The van der Waals surface area contributed by atoms with Crippen LogP contribution in [0.1, 0.15) is 211 Å². The highest BCUT2D eigenvalue weighted by molar-refractivity contribution is 5.85. The molecule has 6 aromatic heterocycles. The molecule has 19 rings (SSSR count). The number of nitrogens with zero attached hydrogens (tertiary/aromatic N) is 12. The summed E-state index contributed by atoms with van der Waals surface area (Å²) in [6.07, 6.45) is 12.2. The van der Waals surface area contributed by atoms with E-state index in [0.717, 1.165) is 129 Å². The first-order valence-corrected chi connectivity index (χ1v) is 50.8. The molecular formula is C134H134N12. The highest BCUT2D eigenvalue weighted by Crippen LogP contribution is 2.45. The molecule has 0 saturated heterocycles. The van der Waals surface area contributed by atoms with Gasteiger partial charge in [0.2, 0.25) is 0 Å². The molecule has 12 nitrogen and oxygen atoms in total. The van der Waals surface area contributed by atoms with Crippen molar-refractivity contribution in [2.75, 3.05) is 0 Å². The van der Waals surface area contributed by atoms with Crippen LogP contribution in [0.25, 0.3) is 180 Å². The molecule has 0 aliphatic rings. The van der Waals surface area contributed by atoms with Gasteiger partial charge in [-0.1, -0.05) is 433 Å². The zero-order valence-corrected chi connectivity index (χ0v) is 89.2. The Labute approximate surface area is 865 Å². The Morgan fingerprint density at radius 2 is 0.363 bits per heavy atom. The molecule has 19 aromatic rings. The minimum absolute atomic E-state index is 0.000810. The van der Waals surface area contributed by atoms with Gasteiger partial charge in [0.15, 0.2) is 23.3 Å². The van der Waals surface area contributed by atoms with Crippen LogP contribution in [0.2, 0.25) is 0 Å². The van der Waals surface area contributed by atoms with Crippen LogP contribution < -0.4 is 0 Å². The van der Waals surface area contributed by atoms with E-state index in [2.05, 4.69) is 445 Å². The molecule has 12 heteroatoms. The van der Waals surface area contributed by atoms with Crippen molar-refractivity contribution >= 4 is 0 Å². The van der Waals surface area contributed by atoms with E-state index in [1.54, 1.807) is 31.2 Å². The molecule has 0 amide bonds. The Kier molecular flexibility index (Phi) is 29.0. The molecule has 0 N–H and O–H groups in total. The average Bonchev–Trinajstić information content (AvgIpc) is 0.749. The van der Waals surface area contributed by atoms with Crippen LogP contribution in [0.15, 0.2) is 377 Å². The number of benzene rings is 13. The highest BCUT2D eigenvalue weighted by atomic mass is 14.9. The first-order valence-electron chi connectivity index (χ1n) is 50.8. The molecule has 0 bridgehead atoms. The Morgan fingerprint density at radius 1 is 0.137 bits per heavy atom. The third-order valence-corrected chi connectivity index (χ3v) is 26.9. The van der Waals surface area contributed by atoms with Gasteiger partial charge in [-0.2, -0.15) is 0 Å². The van der Waals surface area contributed by atoms with Gasteiger partial charge in [0.1, 0.15) is 12.7 Å². The van der Waals surface area contributed by atoms with Crippen LogP contribution >= 0.6 is 0 Å². The van der Waals surface area contributed by atoms with Crippen molar-refractivity contribution in [3.8, 4) is 180 Å². The van der Waals surface area contributed by atoms with Gasteiger partial charge in [-0.3, -0.25) is 0 Å². The van der Waals surface area contributed by atoms with Gasteiger partial charge in [0.25, 0.3) is 0 Å². The lowest BCUT2D eigenvalue weighted by atomic mass is 9.78. The van der Waals surface area contributed by atoms with E-state index in [1.165, 1.54) is 72.3 Å². The van der Waals surface area contributed by atoms with Crippen molar-refractivity contribution < 1.29 is 0 Å². The molecular weight excluding hydrogens is 1780 g/mol. The predicted molar refractivity (Wildman–Crippen MR) is 609 cm³/mol. The quantitative estimate of drug-likeness (QED) is 0.0904. The summed E-state index contributed by atoms with van der Waals surface area (Å²) in [5.74, 6) is 2.69. The number of aromatic nitrogens is 12. The summed E-state index contributed by atoms with van der Waals surface area (Å²) in [6.45, 7) is 54.7. The van der Waals surface area contributed by atoms with Crippen molar-refractivity contribution in [3.63, 3.8) is 0 Å². The molecule has 0 aliphatic heterocycles. The van der Waals surface area contributed by atoms with Crippen LogP contribution in [-0.4, -0.2) is 59.8 Å². The maximum absolute atomic E-state index is 5.23. The summed E-state index contributed by atoms with van der Waals surface area (Å²) in [6, 6.07) is 119. The number of rotatable bonds is 16. The summed E-state index contributed by atoms with van der Waals surface area (Å²) in [5.41, 5.74) is 39.2. The maximum Gasteiger partial charge on any atom is 0.160 e. The molecule has 0 unspecified atom stereocenters. The Hall–Kier alpha value is -15.7. The molecule has 0 fully saturated rings. The first-order chi connectivity index (χ1) is 69.3. The van der Waals surface area contributed by atoms with Crippen LogP contribution in [0.4, 0.5) is 0 Å². The molecule has 13 aromatic carbocycles. The van der Waals surface area contributed by atoms with Crippen molar-refractivity contribution in [1.82, 2.24) is 59.8 Å². The lowest BCUT2D eigenvalue weighted by Crippen LogP contribution is -2.16. The second-order valence-electron chi connectivity index (χ2n) is 46.7. The lowest BCUT2D eigenvalue weighted by molar-refractivity contribution is 0.568. The summed E-state index contributed by atoms with van der Waals surface area (Å²) in [5, 5.41) is 0. The monoisotopic (exact) mass is 1910 g/mol. The van der Waals surface area contributed by atoms with Gasteiger partial charge in [-0.25, -0.2) is 59.8 Å². The van der Waals surface area contributed by atoms with Gasteiger partial charge in [0, 0.05) is 97.7 Å². The van der Waals surface area contributed by atoms with E-state index < -0.39 is 0 Å². The highest BCUT2D eigenvalue weighted by Gasteiger charge is 2.29. The topological polar surface area (TPSA) is 155 Å². The first kappa shape index (κ1) is 102. The van der Waals surface area contributed by atoms with Gasteiger partial charge < -0.3 is 0 Å². The smallest absolute Gasteiger partial charge is 0.160 e. The van der Waals surface area contributed by atoms with Crippen LogP contribution in [0.5, 0.6) is 0 Å². The molecule has 6 heterocycles. The van der Waals surface area contributed by atoms with Crippen LogP contribution in [-0.2, 0) is 43.3 Å². The third-order valence-electron chi connectivity index (χ3n) is 26.9. The normalized spacial score (nSPS) is 12.1. The lowest BCUT2D eigenvalue weighted by Gasteiger charge is -2.26. The standard InChI is InChI=1S/C54H58N4.2C40H38N4/c1-51(2,3)44-25-41(26-45(29-44)52(4,5)6)35-13-19-38(20-14-35)48-31-49(39-21-15-37(16-22-39)43-32-55-34-56-33-43)58-50(57-48)40-23-17-36(18-24-40)42-27-46(53(7,8)9)30-47(28-42)54(10,11)12;1-39(2,3)33-23-30(24-34(25-33)40(4,5)6)29-20-31(37-41-18-13-19-42-37)22-32(21-29)38-43-35(27-14-9-7-10-15-27)26-36(44-38)28-16-11-8-12-17-28;1-39(2,3)33-22-30(23-34(24-33)40(4,5)6)29-19-31(35-17-18-41-26-42-35)21-32(20-29)38-43-36(27-13-9-7-10-14-27)25-37(44-38)28-15-11-8-12-16-28/h13-34H,1-12H3;2*7-26H,1-6H3. The fraction of sp³-hybridized carbons (Fsp3) is 0.239. The Bertz CT molecular complexity index is 7140. The molecule has 0 saturated carbocycles. The van der Waals surface area contributed by atoms with Crippen LogP contribution in [0.3, 0.4) is 0 Å². The van der Waals surface area contributed by atoms with Crippen LogP contribution in [0, 0.1) is 0 Å². The molecule has 0 radical (unpaired) electrons. The summed E-state index contributed by atoms with van der Waals surface area (Å²) in [4.78, 5) is 57.4. The molecule has 0 aliphatic carbocycles. The second kappa shape index (κ2) is 41.6. The van der Waals surface area contributed by atoms with Crippen molar-refractivity contribution in [3.05, 3.63) is 422 Å². The van der Waals surface area contributed by atoms with Crippen molar-refractivity contribution in [2.24, 2.45) is 0 Å². The van der Waals surface area contributed by atoms with E-state index in [1.807, 2.05) is 97.3 Å². The Morgan fingerprint density at radius 3 is 0.644 bits per heavy atom. The second-order valence-corrected chi connectivity index (χ2v) is 46.7. The SMILES string of the molecule is CC(C)(C)c1cc(-c2cc(-c3ccncn3)cc(-c3nc(-c4ccccc4)cc(-c4ccccc4)n3)c2)cc(C(C)(C)C)c1.CC(C)(C)c1cc(-c2cc(-c3ncccn3)cc(-c3nc(-c4ccccc4)cc(-c4ccccc4)n3)c2)cc(C(C)(C)C)c1.CC(C)(C)c1cc(-c2ccc(-c3cc(-c4ccc(-c5cncnc5)cc4)nc(-c4ccc(-c5cc(C(C)(C)C)cc(C(C)(C)C)c5)cc4)n3)cc2)cc(C(C)(C)C)c1. The summed E-state index contributed by atoms with van der Waals surface area (Å²) < 4.78 is 0. The summed E-state index contributed by atoms with van der Waals surface area (Å²) >= 11 is 0. The van der Waals surface area contributed by atoms with E-state index in [9.17, 15) is 0 Å². The number of hydrogen-bond acceptors (Lipinski definition) is 12. The number of hydrogen-bond donors (Lipinski definition) is 0. The Balaban J connectivity index is 0.000000152. The predicted octanol–water partition coefficient (Wildman–Crippen LogP) is 34.9. The van der Waals surface area contributed by atoms with Gasteiger partial charge >= 0.3 is 0 Å².